The van der Waals surface area contributed by atoms with Gasteiger partial charge in [0.25, 0.3) is 0 Å². The second-order valence-corrected chi connectivity index (χ2v) is 7.77. The van der Waals surface area contributed by atoms with E-state index in [2.05, 4.69) is 4.90 Å². The summed E-state index contributed by atoms with van der Waals surface area (Å²) in [6.07, 6.45) is 0. The smallest absolute Gasteiger partial charge is 0.219 e. The highest BCUT2D eigenvalue weighted by molar-refractivity contribution is 7.90. The van der Waals surface area contributed by atoms with Crippen LogP contribution in [0.1, 0.15) is 20.8 Å². The van der Waals surface area contributed by atoms with Crippen molar-refractivity contribution in [3.05, 3.63) is 0 Å². The van der Waals surface area contributed by atoms with Crippen LogP contribution in [-0.4, -0.2) is 66.8 Å². The van der Waals surface area contributed by atoms with Crippen molar-refractivity contribution in [3.8, 4) is 0 Å². The van der Waals surface area contributed by atoms with Gasteiger partial charge in [-0.1, -0.05) is 0 Å². The van der Waals surface area contributed by atoms with Crippen LogP contribution in [0.3, 0.4) is 0 Å². The van der Waals surface area contributed by atoms with Gasteiger partial charge in [-0.15, -0.1) is 0 Å². The van der Waals surface area contributed by atoms with Crippen molar-refractivity contribution in [1.82, 2.24) is 9.21 Å². The number of hydrogen-bond acceptors (Lipinski definition) is 4. The number of sulfonamides is 1. The van der Waals surface area contributed by atoms with Crippen LogP contribution in [-0.2, 0) is 10.0 Å². The predicted octanol–water partition coefficient (Wildman–Crippen LogP) is -0.275. The Bertz CT molecular complexity index is 313. The van der Waals surface area contributed by atoms with Gasteiger partial charge in [0.2, 0.25) is 10.0 Å². The maximum absolute atomic E-state index is 12.1. The minimum absolute atomic E-state index is 0.131. The summed E-state index contributed by atoms with van der Waals surface area (Å²) in [6.45, 7) is 8.40. The van der Waals surface area contributed by atoms with Gasteiger partial charge in [0, 0.05) is 32.7 Å². The molecule has 1 fully saturated rings. The third-order valence-electron chi connectivity index (χ3n) is 2.86. The summed E-state index contributed by atoms with van der Waals surface area (Å²) in [5.74, 6) is 0. The highest BCUT2D eigenvalue weighted by atomic mass is 32.2. The largest absolute Gasteiger partial charge is 0.395 e. The first kappa shape index (κ1) is 13.9. The van der Waals surface area contributed by atoms with Crippen LogP contribution in [0, 0.1) is 0 Å². The Labute approximate surface area is 98.1 Å². The molecule has 1 rings (SSSR count). The Morgan fingerprint density at radius 2 is 1.62 bits per heavy atom. The Morgan fingerprint density at radius 1 is 1.12 bits per heavy atom. The fourth-order valence-corrected chi connectivity index (χ4v) is 3.14. The maximum atomic E-state index is 12.1. The van der Waals surface area contributed by atoms with Crippen LogP contribution in [0.15, 0.2) is 0 Å². The van der Waals surface area contributed by atoms with Crippen molar-refractivity contribution in [1.29, 1.82) is 0 Å². The molecule has 1 aliphatic heterocycles. The normalized spacial score (nSPS) is 21.2. The van der Waals surface area contributed by atoms with E-state index < -0.39 is 14.8 Å². The molecule has 96 valence electrons. The summed E-state index contributed by atoms with van der Waals surface area (Å²) < 4.78 is 25.1. The lowest BCUT2D eigenvalue weighted by Gasteiger charge is -2.36. The van der Waals surface area contributed by atoms with E-state index in [1.54, 1.807) is 25.1 Å². The van der Waals surface area contributed by atoms with Crippen LogP contribution in [0.4, 0.5) is 0 Å². The summed E-state index contributed by atoms with van der Waals surface area (Å²) in [5, 5.41) is 8.80. The average molecular weight is 250 g/mol. The molecule has 1 aliphatic rings. The minimum atomic E-state index is -3.19. The lowest BCUT2D eigenvalue weighted by molar-refractivity contribution is 0.150. The highest BCUT2D eigenvalue weighted by Gasteiger charge is 2.36. The summed E-state index contributed by atoms with van der Waals surface area (Å²) >= 11 is 0. The molecule has 1 N–H and O–H groups in total. The average Bonchev–Trinajstić information content (AvgIpc) is 2.17. The van der Waals surface area contributed by atoms with Gasteiger partial charge in [-0.05, 0) is 20.8 Å². The summed E-state index contributed by atoms with van der Waals surface area (Å²) in [5.41, 5.74) is 0. The molecule has 1 heterocycles. The molecule has 0 aromatic carbocycles. The van der Waals surface area contributed by atoms with Gasteiger partial charge in [-0.25, -0.2) is 8.42 Å². The number of nitrogens with zero attached hydrogens (tertiary/aromatic N) is 2. The van der Waals surface area contributed by atoms with E-state index in [9.17, 15) is 8.42 Å². The topological polar surface area (TPSA) is 60.9 Å². The maximum Gasteiger partial charge on any atom is 0.219 e. The van der Waals surface area contributed by atoms with Crippen LogP contribution < -0.4 is 0 Å². The first-order chi connectivity index (χ1) is 7.29. The second kappa shape index (κ2) is 5.00. The molecule has 0 unspecified atom stereocenters. The molecule has 16 heavy (non-hydrogen) atoms. The SMILES string of the molecule is CC(C)(C)S(=O)(=O)N1CCN(CCO)CC1. The third-order valence-corrected chi connectivity index (χ3v) is 5.45. The molecule has 0 aromatic rings. The van der Waals surface area contributed by atoms with Gasteiger partial charge < -0.3 is 5.11 Å². The van der Waals surface area contributed by atoms with Crippen molar-refractivity contribution >= 4 is 10.0 Å². The van der Waals surface area contributed by atoms with E-state index >= 15 is 0 Å². The van der Waals surface area contributed by atoms with E-state index in [1.165, 1.54) is 0 Å². The minimum Gasteiger partial charge on any atom is -0.395 e. The monoisotopic (exact) mass is 250 g/mol. The van der Waals surface area contributed by atoms with Gasteiger partial charge >= 0.3 is 0 Å². The zero-order chi connectivity index (χ0) is 12.4. The predicted molar refractivity (Wildman–Crippen MR) is 63.8 cm³/mol. The molecule has 0 atom stereocenters. The molecule has 5 nitrogen and oxygen atoms in total. The zero-order valence-corrected chi connectivity index (χ0v) is 11.1. The fourth-order valence-electron chi connectivity index (χ4n) is 1.72. The number of hydrogen-bond donors (Lipinski definition) is 1. The van der Waals surface area contributed by atoms with Gasteiger partial charge in [0.05, 0.1) is 11.4 Å². The second-order valence-electron chi connectivity index (χ2n) is 5.08. The quantitative estimate of drug-likeness (QED) is 0.749. The van der Waals surface area contributed by atoms with Crippen molar-refractivity contribution < 1.29 is 13.5 Å². The van der Waals surface area contributed by atoms with Crippen molar-refractivity contribution in [2.24, 2.45) is 0 Å². The molecule has 0 spiro atoms. The van der Waals surface area contributed by atoms with E-state index in [0.717, 1.165) is 0 Å². The Balaban J connectivity index is 2.61. The number of β-amino-alcohol motifs (C(OH)–C–C–N with tert-alkyl or cyclic N) is 1. The van der Waals surface area contributed by atoms with E-state index in [1.807, 2.05) is 0 Å². The number of rotatable bonds is 3. The number of aliphatic hydroxyl groups is 1. The Morgan fingerprint density at radius 3 is 2.00 bits per heavy atom. The standard InChI is InChI=1S/C10H22N2O3S/c1-10(2,3)16(14,15)12-6-4-11(5-7-12)8-9-13/h13H,4-9H2,1-3H3. The first-order valence-corrected chi connectivity index (χ1v) is 7.06. The molecule has 0 aliphatic carbocycles. The van der Waals surface area contributed by atoms with Crippen LogP contribution in [0.25, 0.3) is 0 Å². The molecule has 0 bridgehead atoms. The molecule has 0 radical (unpaired) electrons. The van der Waals surface area contributed by atoms with Crippen LogP contribution >= 0.6 is 0 Å². The Kier molecular flexibility index (Phi) is 4.34. The number of aliphatic hydroxyl groups excluding tert-OH is 1. The Hall–Kier alpha value is -0.170. The summed E-state index contributed by atoms with van der Waals surface area (Å²) in [6, 6.07) is 0. The van der Waals surface area contributed by atoms with Crippen LogP contribution in [0.2, 0.25) is 0 Å². The lowest BCUT2D eigenvalue weighted by Crippen LogP contribution is -2.53. The number of piperazine rings is 1. The van der Waals surface area contributed by atoms with Gasteiger partial charge in [-0.3, -0.25) is 4.90 Å². The van der Waals surface area contributed by atoms with Gasteiger partial charge in [0.1, 0.15) is 0 Å². The van der Waals surface area contributed by atoms with Crippen molar-refractivity contribution in [2.75, 3.05) is 39.3 Å². The molecule has 1 saturated heterocycles. The first-order valence-electron chi connectivity index (χ1n) is 5.62. The van der Waals surface area contributed by atoms with Crippen LogP contribution in [0.5, 0.6) is 0 Å². The van der Waals surface area contributed by atoms with Gasteiger partial charge in [-0.2, -0.15) is 4.31 Å². The van der Waals surface area contributed by atoms with Crippen molar-refractivity contribution in [2.45, 2.75) is 25.5 Å². The zero-order valence-electron chi connectivity index (χ0n) is 10.3. The molecule has 6 heteroatoms. The van der Waals surface area contributed by atoms with Gasteiger partial charge in [0.15, 0.2) is 0 Å². The molecule has 0 aromatic heterocycles. The van der Waals surface area contributed by atoms with E-state index in [4.69, 9.17) is 5.11 Å². The highest BCUT2D eigenvalue weighted by Crippen LogP contribution is 2.21. The molecular formula is C10H22N2O3S. The fraction of sp³-hybridized carbons (Fsp3) is 1.00. The summed E-state index contributed by atoms with van der Waals surface area (Å²) in [4.78, 5) is 2.08. The van der Waals surface area contributed by atoms with E-state index in [-0.39, 0.29) is 6.61 Å². The molecule has 0 amide bonds. The molecular weight excluding hydrogens is 228 g/mol. The third kappa shape index (κ3) is 2.94. The van der Waals surface area contributed by atoms with E-state index in [0.29, 0.717) is 32.7 Å². The summed E-state index contributed by atoms with van der Waals surface area (Å²) in [7, 11) is -3.19. The van der Waals surface area contributed by atoms with Crippen molar-refractivity contribution in [3.63, 3.8) is 0 Å². The molecule has 0 saturated carbocycles. The lowest BCUT2D eigenvalue weighted by atomic mass is 10.3.